The summed E-state index contributed by atoms with van der Waals surface area (Å²) in [4.78, 5) is 24.2. The SMILES string of the molecule is CC(OC(=O)c1cc(O)c(O)c(O)c1)C(=O)Nc1cc(Cl)c(Cl)cc1Cl. The zero-order chi connectivity index (χ0) is 19.6. The number of hydrogen-bond acceptors (Lipinski definition) is 6. The molecule has 0 saturated carbocycles. The molecular formula is C16H12Cl3NO6. The van der Waals surface area contributed by atoms with E-state index in [0.29, 0.717) is 0 Å². The predicted molar refractivity (Wildman–Crippen MR) is 96.4 cm³/mol. The molecule has 2 aromatic carbocycles. The molecule has 0 aliphatic rings. The molecule has 1 atom stereocenters. The first-order valence-electron chi connectivity index (χ1n) is 7.01. The van der Waals surface area contributed by atoms with Gasteiger partial charge < -0.3 is 25.4 Å². The van der Waals surface area contributed by atoms with E-state index in [1.165, 1.54) is 19.1 Å². The van der Waals surface area contributed by atoms with Gasteiger partial charge in [0.05, 0.1) is 26.3 Å². The van der Waals surface area contributed by atoms with Gasteiger partial charge in [0, 0.05) is 0 Å². The Balaban J connectivity index is 2.09. The Morgan fingerprint density at radius 3 is 2.08 bits per heavy atom. The van der Waals surface area contributed by atoms with Crippen molar-refractivity contribution >= 4 is 52.4 Å². The summed E-state index contributed by atoms with van der Waals surface area (Å²) >= 11 is 17.6. The number of esters is 1. The molecule has 0 radical (unpaired) electrons. The maximum absolute atomic E-state index is 12.2. The molecule has 2 rings (SSSR count). The van der Waals surface area contributed by atoms with Gasteiger partial charge in [-0.15, -0.1) is 0 Å². The third-order valence-electron chi connectivity index (χ3n) is 3.23. The van der Waals surface area contributed by atoms with Crippen LogP contribution in [0, 0.1) is 0 Å². The smallest absolute Gasteiger partial charge is 0.339 e. The van der Waals surface area contributed by atoms with E-state index in [4.69, 9.17) is 39.5 Å². The lowest BCUT2D eigenvalue weighted by Crippen LogP contribution is -2.30. The van der Waals surface area contributed by atoms with Crippen LogP contribution >= 0.6 is 34.8 Å². The molecule has 0 fully saturated rings. The molecule has 4 N–H and O–H groups in total. The molecule has 0 bridgehead atoms. The summed E-state index contributed by atoms with van der Waals surface area (Å²) in [5, 5.41) is 31.0. The highest BCUT2D eigenvalue weighted by atomic mass is 35.5. The minimum atomic E-state index is -1.24. The monoisotopic (exact) mass is 419 g/mol. The van der Waals surface area contributed by atoms with Crippen LogP contribution in [-0.2, 0) is 9.53 Å². The van der Waals surface area contributed by atoms with Gasteiger partial charge in [0.15, 0.2) is 23.4 Å². The molecule has 0 aromatic heterocycles. The maximum Gasteiger partial charge on any atom is 0.339 e. The van der Waals surface area contributed by atoms with Crippen molar-refractivity contribution in [3.05, 3.63) is 44.9 Å². The average molecular weight is 421 g/mol. The molecule has 2 aromatic rings. The normalized spacial score (nSPS) is 11.7. The van der Waals surface area contributed by atoms with E-state index in [0.717, 1.165) is 12.1 Å². The van der Waals surface area contributed by atoms with Crippen LogP contribution in [0.15, 0.2) is 24.3 Å². The van der Waals surface area contributed by atoms with E-state index in [1.54, 1.807) is 0 Å². The number of hydrogen-bond donors (Lipinski definition) is 4. The highest BCUT2D eigenvalue weighted by molar-refractivity contribution is 6.44. The number of nitrogens with one attached hydrogen (secondary N) is 1. The standard InChI is InChI=1S/C16H12Cl3NO6/c1-6(15(24)20-11-5-9(18)8(17)4-10(11)19)26-16(25)7-2-12(21)14(23)13(22)3-7/h2-6,21-23H,1H3,(H,20,24). The van der Waals surface area contributed by atoms with Crippen LogP contribution in [0.1, 0.15) is 17.3 Å². The number of rotatable bonds is 4. The van der Waals surface area contributed by atoms with Crippen molar-refractivity contribution in [2.45, 2.75) is 13.0 Å². The molecule has 10 heteroatoms. The third-order valence-corrected chi connectivity index (χ3v) is 4.26. The molecule has 7 nitrogen and oxygen atoms in total. The second-order valence-electron chi connectivity index (χ2n) is 5.15. The number of phenols is 3. The number of amides is 1. The number of anilines is 1. The zero-order valence-electron chi connectivity index (χ0n) is 13.1. The van der Waals surface area contributed by atoms with Gasteiger partial charge in [-0.25, -0.2) is 4.79 Å². The Labute approximate surface area is 162 Å². The first-order valence-corrected chi connectivity index (χ1v) is 8.15. The Kier molecular flexibility index (Phi) is 6.07. The van der Waals surface area contributed by atoms with Crippen LogP contribution in [-0.4, -0.2) is 33.3 Å². The molecular weight excluding hydrogens is 409 g/mol. The van der Waals surface area contributed by atoms with Crippen molar-refractivity contribution in [3.8, 4) is 17.2 Å². The van der Waals surface area contributed by atoms with Crippen LogP contribution in [0.4, 0.5) is 5.69 Å². The summed E-state index contributed by atoms with van der Waals surface area (Å²) in [7, 11) is 0. The summed E-state index contributed by atoms with van der Waals surface area (Å²) in [5.74, 6) is -3.90. The Hall–Kier alpha value is -2.35. The summed E-state index contributed by atoms with van der Waals surface area (Å²) in [6.45, 7) is 1.30. The minimum absolute atomic E-state index is 0.139. The number of benzene rings is 2. The summed E-state index contributed by atoms with van der Waals surface area (Å²) in [5.41, 5.74) is -0.0843. The molecule has 1 unspecified atom stereocenters. The number of halogens is 3. The lowest BCUT2D eigenvalue weighted by molar-refractivity contribution is -0.123. The fourth-order valence-corrected chi connectivity index (χ4v) is 2.45. The van der Waals surface area contributed by atoms with Gasteiger partial charge in [0.1, 0.15) is 0 Å². The van der Waals surface area contributed by atoms with Crippen LogP contribution in [0.3, 0.4) is 0 Å². The zero-order valence-corrected chi connectivity index (χ0v) is 15.4. The van der Waals surface area contributed by atoms with Crippen molar-refractivity contribution in [1.82, 2.24) is 0 Å². The first kappa shape index (κ1) is 20.0. The van der Waals surface area contributed by atoms with Gasteiger partial charge in [0.2, 0.25) is 0 Å². The minimum Gasteiger partial charge on any atom is -0.504 e. The van der Waals surface area contributed by atoms with Crippen molar-refractivity contribution < 1.29 is 29.6 Å². The number of aromatic hydroxyl groups is 3. The van der Waals surface area contributed by atoms with E-state index in [1.807, 2.05) is 0 Å². The van der Waals surface area contributed by atoms with Gasteiger partial charge in [0.25, 0.3) is 5.91 Å². The largest absolute Gasteiger partial charge is 0.504 e. The van der Waals surface area contributed by atoms with Crippen LogP contribution in [0.2, 0.25) is 15.1 Å². The van der Waals surface area contributed by atoms with E-state index < -0.39 is 35.2 Å². The van der Waals surface area contributed by atoms with E-state index >= 15 is 0 Å². The topological polar surface area (TPSA) is 116 Å². The number of phenolic OH excluding ortho intramolecular Hbond substituents is 3. The van der Waals surface area contributed by atoms with Crippen molar-refractivity contribution in [1.29, 1.82) is 0 Å². The van der Waals surface area contributed by atoms with E-state index in [9.17, 15) is 24.9 Å². The Morgan fingerprint density at radius 2 is 1.50 bits per heavy atom. The lowest BCUT2D eigenvalue weighted by atomic mass is 10.2. The second-order valence-corrected chi connectivity index (χ2v) is 6.37. The molecule has 0 heterocycles. The van der Waals surface area contributed by atoms with Gasteiger partial charge in [-0.2, -0.15) is 0 Å². The van der Waals surface area contributed by atoms with Crippen molar-refractivity contribution in [3.63, 3.8) is 0 Å². The Morgan fingerprint density at radius 1 is 0.962 bits per heavy atom. The summed E-state index contributed by atoms with van der Waals surface area (Å²) in [6, 6.07) is 4.46. The van der Waals surface area contributed by atoms with Gasteiger partial charge in [-0.1, -0.05) is 34.8 Å². The summed E-state index contributed by atoms with van der Waals surface area (Å²) in [6.07, 6.45) is -1.24. The van der Waals surface area contributed by atoms with Crippen molar-refractivity contribution in [2.24, 2.45) is 0 Å². The predicted octanol–water partition coefficient (Wildman–Crippen LogP) is 3.95. The Bertz CT molecular complexity index is 864. The van der Waals surface area contributed by atoms with E-state index in [2.05, 4.69) is 5.32 Å². The van der Waals surface area contributed by atoms with Crippen molar-refractivity contribution in [2.75, 3.05) is 5.32 Å². The number of carbonyl (C=O) groups is 2. The van der Waals surface area contributed by atoms with Crippen LogP contribution in [0.5, 0.6) is 17.2 Å². The van der Waals surface area contributed by atoms with Crippen LogP contribution in [0.25, 0.3) is 0 Å². The lowest BCUT2D eigenvalue weighted by Gasteiger charge is -2.15. The highest BCUT2D eigenvalue weighted by Crippen LogP contribution is 2.36. The molecule has 0 aliphatic carbocycles. The molecule has 0 saturated heterocycles. The maximum atomic E-state index is 12.2. The molecule has 0 spiro atoms. The third kappa shape index (κ3) is 4.43. The fraction of sp³-hybridized carbons (Fsp3) is 0.125. The molecule has 26 heavy (non-hydrogen) atoms. The fourth-order valence-electron chi connectivity index (χ4n) is 1.86. The highest BCUT2D eigenvalue weighted by Gasteiger charge is 2.22. The molecule has 1 amide bonds. The van der Waals surface area contributed by atoms with Crippen LogP contribution < -0.4 is 5.32 Å². The molecule has 138 valence electrons. The van der Waals surface area contributed by atoms with E-state index in [-0.39, 0.29) is 26.3 Å². The number of carbonyl (C=O) groups excluding carboxylic acids is 2. The quantitative estimate of drug-likeness (QED) is 0.338. The second kappa shape index (κ2) is 7.90. The average Bonchev–Trinajstić information content (AvgIpc) is 2.56. The van der Waals surface area contributed by atoms with Gasteiger partial charge in [-0.3, -0.25) is 4.79 Å². The first-order chi connectivity index (χ1) is 12.1. The molecule has 0 aliphatic heterocycles. The van der Waals surface area contributed by atoms with Gasteiger partial charge in [-0.05, 0) is 31.2 Å². The van der Waals surface area contributed by atoms with Gasteiger partial charge >= 0.3 is 5.97 Å². The summed E-state index contributed by atoms with van der Waals surface area (Å²) < 4.78 is 4.96. The number of ether oxygens (including phenoxy) is 1.